The van der Waals surface area contributed by atoms with E-state index in [1.54, 1.807) is 6.92 Å². The molecule has 0 aromatic heterocycles. The van der Waals surface area contributed by atoms with E-state index in [0.717, 1.165) is 12.0 Å². The molecule has 0 aliphatic rings. The van der Waals surface area contributed by atoms with E-state index in [1.165, 1.54) is 19.2 Å². The highest BCUT2D eigenvalue weighted by molar-refractivity contribution is 5.94. The van der Waals surface area contributed by atoms with E-state index in [-0.39, 0.29) is 17.4 Å². The maximum absolute atomic E-state index is 12.7. The normalized spacial score (nSPS) is 12.5. The first-order valence-electron chi connectivity index (χ1n) is 9.62. The second-order valence-corrected chi connectivity index (χ2v) is 7.03. The molecule has 0 saturated heterocycles. The van der Waals surface area contributed by atoms with Crippen LogP contribution in [0.2, 0.25) is 0 Å². The average molecular weight is 414 g/mol. The van der Waals surface area contributed by atoms with E-state index in [2.05, 4.69) is 5.32 Å². The smallest absolute Gasteiger partial charge is 0.314 e. The number of anilines is 1. The molecule has 1 amide bonds. The van der Waals surface area contributed by atoms with Crippen LogP contribution < -0.4 is 10.1 Å². The summed E-state index contributed by atoms with van der Waals surface area (Å²) in [7, 11) is 1.31. The number of nitrogens with zero attached hydrogens (tertiary/aromatic N) is 1. The summed E-state index contributed by atoms with van der Waals surface area (Å²) in [5.41, 5.74) is 1.48. The van der Waals surface area contributed by atoms with Gasteiger partial charge in [-0.3, -0.25) is 19.7 Å². The van der Waals surface area contributed by atoms with Gasteiger partial charge in [-0.05, 0) is 24.0 Å². The Balaban J connectivity index is 2.08. The van der Waals surface area contributed by atoms with E-state index in [4.69, 9.17) is 9.47 Å². The number of aryl methyl sites for hydroxylation is 1. The van der Waals surface area contributed by atoms with Crippen LogP contribution in [0.1, 0.15) is 37.3 Å². The number of nitrogens with one attached hydrogen (secondary N) is 1. The minimum Gasteiger partial charge on any atom is -0.490 e. The van der Waals surface area contributed by atoms with Crippen molar-refractivity contribution in [2.24, 2.45) is 5.92 Å². The molecule has 8 heteroatoms. The molecule has 1 N–H and O–H groups in total. The maximum Gasteiger partial charge on any atom is 0.314 e. The fourth-order valence-corrected chi connectivity index (χ4v) is 3.12. The van der Waals surface area contributed by atoms with Crippen molar-refractivity contribution in [2.45, 2.75) is 33.1 Å². The van der Waals surface area contributed by atoms with Gasteiger partial charge >= 0.3 is 11.7 Å². The van der Waals surface area contributed by atoms with Crippen LogP contribution in [0, 0.1) is 23.0 Å². The van der Waals surface area contributed by atoms with Crippen molar-refractivity contribution in [1.29, 1.82) is 0 Å². The second-order valence-electron chi connectivity index (χ2n) is 7.03. The van der Waals surface area contributed by atoms with Crippen molar-refractivity contribution in [3.8, 4) is 5.75 Å². The van der Waals surface area contributed by atoms with Crippen molar-refractivity contribution in [1.82, 2.24) is 0 Å². The largest absolute Gasteiger partial charge is 0.490 e. The third kappa shape index (κ3) is 5.56. The van der Waals surface area contributed by atoms with Crippen LogP contribution in [-0.2, 0) is 14.3 Å². The fourth-order valence-electron chi connectivity index (χ4n) is 3.12. The average Bonchev–Trinajstić information content (AvgIpc) is 2.74. The van der Waals surface area contributed by atoms with Crippen molar-refractivity contribution in [3.63, 3.8) is 0 Å². The van der Waals surface area contributed by atoms with Crippen molar-refractivity contribution in [2.75, 3.05) is 19.0 Å². The Morgan fingerprint density at radius 3 is 2.43 bits per heavy atom. The van der Waals surface area contributed by atoms with Crippen LogP contribution in [0.4, 0.5) is 11.4 Å². The van der Waals surface area contributed by atoms with E-state index in [0.29, 0.717) is 11.3 Å². The number of rotatable bonds is 9. The molecule has 0 spiro atoms. The first-order valence-corrected chi connectivity index (χ1v) is 9.62. The van der Waals surface area contributed by atoms with E-state index >= 15 is 0 Å². The lowest BCUT2D eigenvalue weighted by molar-refractivity contribution is -0.385. The minimum atomic E-state index is -0.558. The molecule has 2 aromatic rings. The van der Waals surface area contributed by atoms with Gasteiger partial charge in [0, 0.05) is 17.8 Å². The Bertz CT molecular complexity index is 913. The summed E-state index contributed by atoms with van der Waals surface area (Å²) in [6.45, 7) is 5.12. The molecule has 0 heterocycles. The van der Waals surface area contributed by atoms with Gasteiger partial charge in [0.15, 0.2) is 12.4 Å². The van der Waals surface area contributed by atoms with Gasteiger partial charge in [0.05, 0.1) is 18.0 Å². The Labute approximate surface area is 175 Å². The van der Waals surface area contributed by atoms with Gasteiger partial charge < -0.3 is 14.8 Å². The third-order valence-corrected chi connectivity index (χ3v) is 4.97. The highest BCUT2D eigenvalue weighted by Gasteiger charge is 2.28. The standard InChI is InChI=1S/C22H26N2O6/c1-5-14(2)21(16-9-7-6-8-10-16)22(26)30-13-20(25)23-17-12-19(29-4)18(24(27)28)11-15(17)3/h6-12,14,21H,5,13H2,1-4H3,(H,23,25)/t14-,21+/m1/s1. The zero-order valence-electron chi connectivity index (χ0n) is 17.5. The number of amides is 1. The molecular weight excluding hydrogens is 388 g/mol. The van der Waals surface area contributed by atoms with Crippen molar-refractivity contribution >= 4 is 23.3 Å². The van der Waals surface area contributed by atoms with Gasteiger partial charge in [0.2, 0.25) is 0 Å². The van der Waals surface area contributed by atoms with E-state index in [9.17, 15) is 19.7 Å². The molecule has 0 unspecified atom stereocenters. The van der Waals surface area contributed by atoms with Gasteiger partial charge in [0.25, 0.3) is 5.91 Å². The topological polar surface area (TPSA) is 108 Å². The van der Waals surface area contributed by atoms with Crippen LogP contribution in [0.3, 0.4) is 0 Å². The summed E-state index contributed by atoms with van der Waals surface area (Å²) in [5.74, 6) is -1.41. The van der Waals surface area contributed by atoms with Crippen LogP contribution >= 0.6 is 0 Å². The monoisotopic (exact) mass is 414 g/mol. The summed E-state index contributed by atoms with van der Waals surface area (Å²) in [5, 5.41) is 13.7. The highest BCUT2D eigenvalue weighted by Crippen LogP contribution is 2.33. The molecule has 160 valence electrons. The number of carbonyl (C=O) groups is 2. The lowest BCUT2D eigenvalue weighted by atomic mass is 9.86. The van der Waals surface area contributed by atoms with Crippen LogP contribution in [0.5, 0.6) is 5.75 Å². The summed E-state index contributed by atoms with van der Waals surface area (Å²) < 4.78 is 10.3. The predicted octanol–water partition coefficient (Wildman–Crippen LogP) is 4.22. The Kier molecular flexibility index (Phi) is 7.91. The SMILES string of the molecule is CC[C@@H](C)[C@H](C(=O)OCC(=O)Nc1cc(OC)c([N+](=O)[O-])cc1C)c1ccccc1. The second kappa shape index (κ2) is 10.4. The number of hydrogen-bond donors (Lipinski definition) is 1. The summed E-state index contributed by atoms with van der Waals surface area (Å²) in [4.78, 5) is 35.5. The fraction of sp³-hybridized carbons (Fsp3) is 0.364. The van der Waals surface area contributed by atoms with Gasteiger partial charge in [-0.15, -0.1) is 0 Å². The molecule has 2 rings (SSSR count). The van der Waals surface area contributed by atoms with E-state index < -0.39 is 29.3 Å². The molecule has 0 fully saturated rings. The minimum absolute atomic E-state index is 0.0267. The molecule has 8 nitrogen and oxygen atoms in total. The number of nitro groups is 1. The highest BCUT2D eigenvalue weighted by atomic mass is 16.6. The Morgan fingerprint density at radius 1 is 1.20 bits per heavy atom. The predicted molar refractivity (Wildman–Crippen MR) is 113 cm³/mol. The van der Waals surface area contributed by atoms with Crippen molar-refractivity contribution in [3.05, 3.63) is 63.7 Å². The Morgan fingerprint density at radius 2 is 1.87 bits per heavy atom. The van der Waals surface area contributed by atoms with Crippen LogP contribution in [0.25, 0.3) is 0 Å². The zero-order chi connectivity index (χ0) is 22.3. The molecule has 0 aliphatic carbocycles. The maximum atomic E-state index is 12.7. The summed E-state index contributed by atoms with van der Waals surface area (Å²) in [6.07, 6.45) is 0.780. The van der Waals surface area contributed by atoms with Gasteiger partial charge in [-0.1, -0.05) is 50.6 Å². The molecule has 2 atom stereocenters. The molecule has 0 bridgehead atoms. The van der Waals surface area contributed by atoms with Crippen molar-refractivity contribution < 1.29 is 24.0 Å². The molecule has 0 aliphatic heterocycles. The lowest BCUT2D eigenvalue weighted by Gasteiger charge is -2.21. The van der Waals surface area contributed by atoms with Gasteiger partial charge in [-0.2, -0.15) is 0 Å². The number of benzene rings is 2. The zero-order valence-corrected chi connectivity index (χ0v) is 17.5. The molecule has 0 saturated carbocycles. The first-order chi connectivity index (χ1) is 14.3. The van der Waals surface area contributed by atoms with Gasteiger partial charge in [0.1, 0.15) is 0 Å². The number of esters is 1. The number of ether oxygens (including phenoxy) is 2. The lowest BCUT2D eigenvalue weighted by Crippen LogP contribution is -2.27. The number of methoxy groups -OCH3 is 1. The number of nitro benzene ring substituents is 1. The number of hydrogen-bond acceptors (Lipinski definition) is 6. The summed E-state index contributed by atoms with van der Waals surface area (Å²) in [6, 6.07) is 12.0. The molecular formula is C22H26N2O6. The molecule has 0 radical (unpaired) electrons. The quantitative estimate of drug-likeness (QED) is 0.374. The number of carbonyl (C=O) groups excluding carboxylic acids is 2. The van der Waals surface area contributed by atoms with E-state index in [1.807, 2.05) is 44.2 Å². The molecule has 30 heavy (non-hydrogen) atoms. The first kappa shape index (κ1) is 22.9. The van der Waals surface area contributed by atoms with Gasteiger partial charge in [-0.25, -0.2) is 0 Å². The van der Waals surface area contributed by atoms with Crippen LogP contribution in [0.15, 0.2) is 42.5 Å². The Hall–Kier alpha value is -3.42. The van der Waals surface area contributed by atoms with Crippen LogP contribution in [-0.4, -0.2) is 30.5 Å². The molecule has 2 aromatic carbocycles. The third-order valence-electron chi connectivity index (χ3n) is 4.97. The summed E-state index contributed by atoms with van der Waals surface area (Å²) >= 11 is 0.